The van der Waals surface area contributed by atoms with Gasteiger partial charge in [-0.15, -0.1) is 0 Å². The molecule has 0 radical (unpaired) electrons. The van der Waals surface area contributed by atoms with Gasteiger partial charge in [0, 0.05) is 24.5 Å². The lowest BCUT2D eigenvalue weighted by Gasteiger charge is -2.58. The zero-order valence-electron chi connectivity index (χ0n) is 12.0. The number of amides is 1. The number of hydrogen-bond donors (Lipinski definition) is 2. The van der Waals surface area contributed by atoms with E-state index in [1.54, 1.807) is 0 Å². The molecule has 2 rings (SSSR count). The van der Waals surface area contributed by atoms with Crippen molar-refractivity contribution in [2.75, 3.05) is 6.61 Å². The van der Waals surface area contributed by atoms with Crippen molar-refractivity contribution >= 4 is 5.91 Å². The Morgan fingerprint density at radius 3 is 2.50 bits per heavy atom. The molecule has 0 saturated heterocycles. The maximum Gasteiger partial charge on any atom is 0.241 e. The summed E-state index contributed by atoms with van der Waals surface area (Å²) in [4.78, 5) is 12.3. The highest BCUT2D eigenvalue weighted by Gasteiger charge is 2.63. The van der Waals surface area contributed by atoms with E-state index in [1.165, 1.54) is 0 Å². The molecule has 4 heteroatoms. The van der Waals surface area contributed by atoms with Gasteiger partial charge in [-0.25, -0.2) is 0 Å². The zero-order valence-corrected chi connectivity index (χ0v) is 12.0. The van der Waals surface area contributed by atoms with Crippen molar-refractivity contribution in [1.29, 1.82) is 0 Å². The second kappa shape index (κ2) is 4.49. The molecular formula is C14H26N2O2. The minimum absolute atomic E-state index is 0.000327. The highest BCUT2D eigenvalue weighted by Crippen LogP contribution is 2.50. The third-order valence-electron chi connectivity index (χ3n) is 4.94. The summed E-state index contributed by atoms with van der Waals surface area (Å²) in [6.07, 6.45) is 2.88. The Morgan fingerprint density at radius 1 is 1.44 bits per heavy atom. The van der Waals surface area contributed by atoms with Crippen LogP contribution in [0.1, 0.15) is 47.0 Å². The van der Waals surface area contributed by atoms with Crippen molar-refractivity contribution in [1.82, 2.24) is 5.32 Å². The fourth-order valence-electron chi connectivity index (χ4n) is 3.15. The quantitative estimate of drug-likeness (QED) is 0.798. The number of carbonyl (C=O) groups excluding carboxylic acids is 1. The van der Waals surface area contributed by atoms with Gasteiger partial charge in [-0.1, -0.05) is 20.8 Å². The van der Waals surface area contributed by atoms with Crippen LogP contribution < -0.4 is 11.1 Å². The molecule has 0 aliphatic heterocycles. The van der Waals surface area contributed by atoms with Gasteiger partial charge in [0.05, 0.1) is 6.10 Å². The van der Waals surface area contributed by atoms with Crippen LogP contribution in [0.5, 0.6) is 0 Å². The lowest BCUT2D eigenvalue weighted by atomic mass is 9.54. The maximum absolute atomic E-state index is 12.3. The average molecular weight is 254 g/mol. The van der Waals surface area contributed by atoms with Crippen molar-refractivity contribution in [2.24, 2.45) is 17.1 Å². The predicted molar refractivity (Wildman–Crippen MR) is 71.1 cm³/mol. The Labute approximate surface area is 110 Å². The Hall–Kier alpha value is -0.610. The number of rotatable bonds is 4. The lowest BCUT2D eigenvalue weighted by Crippen LogP contribution is -2.76. The smallest absolute Gasteiger partial charge is 0.241 e. The minimum Gasteiger partial charge on any atom is -0.378 e. The van der Waals surface area contributed by atoms with E-state index in [0.717, 1.165) is 18.8 Å². The standard InChI is InChI=1S/C14H26N2O2/c1-5-18-11-8-14(15,13(11,3)4)12(17)16-10-6-9(2)7-10/h9-11H,5-8,15H2,1-4H3,(H,16,17). The van der Waals surface area contributed by atoms with E-state index in [0.29, 0.717) is 19.1 Å². The summed E-state index contributed by atoms with van der Waals surface area (Å²) in [6.45, 7) is 8.91. The van der Waals surface area contributed by atoms with E-state index >= 15 is 0 Å². The van der Waals surface area contributed by atoms with Crippen LogP contribution in [-0.4, -0.2) is 30.2 Å². The van der Waals surface area contributed by atoms with Crippen LogP contribution in [0.2, 0.25) is 0 Å². The molecule has 2 saturated carbocycles. The summed E-state index contributed by atoms with van der Waals surface area (Å²) in [5, 5.41) is 3.09. The number of hydrogen-bond acceptors (Lipinski definition) is 3. The van der Waals surface area contributed by atoms with E-state index in [4.69, 9.17) is 10.5 Å². The number of ether oxygens (including phenoxy) is 1. The number of nitrogens with one attached hydrogen (secondary N) is 1. The average Bonchev–Trinajstić information content (AvgIpc) is 2.26. The summed E-state index contributed by atoms with van der Waals surface area (Å²) < 4.78 is 5.64. The van der Waals surface area contributed by atoms with Gasteiger partial charge in [-0.05, 0) is 25.7 Å². The van der Waals surface area contributed by atoms with Gasteiger partial charge < -0.3 is 15.8 Å². The Balaban J connectivity index is 1.93. The predicted octanol–water partition coefficient (Wildman–Crippen LogP) is 1.43. The van der Waals surface area contributed by atoms with Crippen LogP contribution in [0.15, 0.2) is 0 Å². The van der Waals surface area contributed by atoms with E-state index in [2.05, 4.69) is 12.2 Å². The lowest BCUT2D eigenvalue weighted by molar-refractivity contribution is -0.171. The van der Waals surface area contributed by atoms with Gasteiger partial charge in [0.2, 0.25) is 5.91 Å². The normalized spacial score (nSPS) is 41.7. The van der Waals surface area contributed by atoms with Gasteiger partial charge in [-0.2, -0.15) is 0 Å². The zero-order chi connectivity index (χ0) is 13.6. The fourth-order valence-corrected chi connectivity index (χ4v) is 3.15. The highest BCUT2D eigenvalue weighted by atomic mass is 16.5. The summed E-state index contributed by atoms with van der Waals surface area (Å²) in [5.41, 5.74) is 5.25. The molecule has 2 unspecified atom stereocenters. The third kappa shape index (κ3) is 1.95. The molecule has 18 heavy (non-hydrogen) atoms. The van der Waals surface area contributed by atoms with Crippen molar-refractivity contribution in [3.63, 3.8) is 0 Å². The largest absolute Gasteiger partial charge is 0.378 e. The van der Waals surface area contributed by atoms with Crippen LogP contribution in [-0.2, 0) is 9.53 Å². The molecule has 0 aromatic carbocycles. The molecule has 2 fully saturated rings. The molecule has 0 heterocycles. The second-order valence-electron chi connectivity index (χ2n) is 6.59. The molecule has 0 aromatic heterocycles. The monoisotopic (exact) mass is 254 g/mol. The number of nitrogens with two attached hydrogens (primary N) is 1. The Kier molecular flexibility index (Phi) is 3.45. The molecule has 0 spiro atoms. The fraction of sp³-hybridized carbons (Fsp3) is 0.929. The topological polar surface area (TPSA) is 64.3 Å². The van der Waals surface area contributed by atoms with E-state index < -0.39 is 5.54 Å². The first-order chi connectivity index (χ1) is 8.31. The van der Waals surface area contributed by atoms with Crippen molar-refractivity contribution in [3.05, 3.63) is 0 Å². The maximum atomic E-state index is 12.3. The van der Waals surface area contributed by atoms with Crippen molar-refractivity contribution < 1.29 is 9.53 Å². The molecule has 0 aromatic rings. The summed E-state index contributed by atoms with van der Waals surface area (Å²) in [6, 6.07) is 0.329. The van der Waals surface area contributed by atoms with Gasteiger partial charge in [-0.3, -0.25) is 4.79 Å². The molecule has 2 aliphatic carbocycles. The summed E-state index contributed by atoms with van der Waals surface area (Å²) >= 11 is 0. The molecular weight excluding hydrogens is 228 g/mol. The van der Waals surface area contributed by atoms with Gasteiger partial charge in [0.25, 0.3) is 0 Å². The molecule has 2 atom stereocenters. The third-order valence-corrected chi connectivity index (χ3v) is 4.94. The first-order valence-corrected chi connectivity index (χ1v) is 7.02. The van der Waals surface area contributed by atoms with Crippen molar-refractivity contribution in [3.8, 4) is 0 Å². The molecule has 4 nitrogen and oxygen atoms in total. The second-order valence-corrected chi connectivity index (χ2v) is 6.59. The van der Waals surface area contributed by atoms with Crippen LogP contribution in [0, 0.1) is 11.3 Å². The Morgan fingerprint density at radius 2 is 2.06 bits per heavy atom. The van der Waals surface area contributed by atoms with E-state index in [1.807, 2.05) is 20.8 Å². The first kappa shape index (κ1) is 13.8. The van der Waals surface area contributed by atoms with Crippen LogP contribution in [0.4, 0.5) is 0 Å². The Bertz CT molecular complexity index is 337. The van der Waals surface area contributed by atoms with Crippen molar-refractivity contribution in [2.45, 2.75) is 64.6 Å². The van der Waals surface area contributed by atoms with Gasteiger partial charge in [0.15, 0.2) is 0 Å². The SMILES string of the molecule is CCOC1CC(N)(C(=O)NC2CC(C)C2)C1(C)C. The minimum atomic E-state index is -0.772. The van der Waals surface area contributed by atoms with Gasteiger partial charge >= 0.3 is 0 Å². The van der Waals surface area contributed by atoms with Crippen LogP contribution in [0.3, 0.4) is 0 Å². The molecule has 2 aliphatic rings. The molecule has 3 N–H and O–H groups in total. The molecule has 1 amide bonds. The van der Waals surface area contributed by atoms with Crippen LogP contribution in [0.25, 0.3) is 0 Å². The highest BCUT2D eigenvalue weighted by molar-refractivity contribution is 5.89. The summed E-state index contributed by atoms with van der Waals surface area (Å²) in [5.74, 6) is 0.731. The van der Waals surface area contributed by atoms with Gasteiger partial charge in [0.1, 0.15) is 5.54 Å². The first-order valence-electron chi connectivity index (χ1n) is 7.02. The summed E-state index contributed by atoms with van der Waals surface area (Å²) in [7, 11) is 0. The molecule has 0 bridgehead atoms. The number of carbonyl (C=O) groups is 1. The van der Waals surface area contributed by atoms with E-state index in [-0.39, 0.29) is 17.4 Å². The molecule has 104 valence electrons. The van der Waals surface area contributed by atoms with E-state index in [9.17, 15) is 4.79 Å². The van der Waals surface area contributed by atoms with Crippen LogP contribution >= 0.6 is 0 Å².